The maximum atomic E-state index is 9.97. The van der Waals surface area contributed by atoms with Gasteiger partial charge in [0.2, 0.25) is 0 Å². The fourth-order valence-corrected chi connectivity index (χ4v) is 8.51. The normalized spacial score (nSPS) is 11.9. The Hall–Kier alpha value is -7.02. The highest BCUT2D eigenvalue weighted by molar-refractivity contribution is 6.28. The molecule has 0 aliphatic rings. The molecule has 0 saturated heterocycles. The summed E-state index contributed by atoms with van der Waals surface area (Å²) in [6.07, 6.45) is 3.75. The number of nitriles is 1. The number of aromatic nitrogens is 2. The Morgan fingerprint density at radius 2 is 1.04 bits per heavy atom. The van der Waals surface area contributed by atoms with E-state index in [1.807, 2.05) is 30.6 Å². The molecule has 0 spiro atoms. The van der Waals surface area contributed by atoms with Crippen molar-refractivity contribution in [2.24, 2.45) is 0 Å². The van der Waals surface area contributed by atoms with Crippen LogP contribution in [0.4, 0.5) is 0 Å². The Morgan fingerprint density at radius 1 is 0.451 bits per heavy atom. The lowest BCUT2D eigenvalue weighted by Crippen LogP contribution is -1.93. The van der Waals surface area contributed by atoms with Crippen molar-refractivity contribution in [3.05, 3.63) is 170 Å². The second-order valence-electron chi connectivity index (χ2n) is 13.5. The lowest BCUT2D eigenvalue weighted by Gasteiger charge is -2.15. The summed E-state index contributed by atoms with van der Waals surface area (Å²) in [4.78, 5) is 4.34. The lowest BCUT2D eigenvalue weighted by atomic mass is 9.89. The molecular weight excluding hydrogens is 619 g/mol. The van der Waals surface area contributed by atoms with Gasteiger partial charge in [-0.25, -0.2) is 0 Å². The zero-order valence-corrected chi connectivity index (χ0v) is 27.4. The number of rotatable bonds is 4. The predicted octanol–water partition coefficient (Wildman–Crippen LogP) is 12.5. The highest BCUT2D eigenvalue weighted by Gasteiger charge is 2.20. The van der Waals surface area contributed by atoms with E-state index < -0.39 is 0 Å². The molecule has 0 fully saturated rings. The van der Waals surface area contributed by atoms with E-state index in [-0.39, 0.29) is 0 Å². The van der Waals surface area contributed by atoms with Crippen molar-refractivity contribution in [3.63, 3.8) is 0 Å². The molecule has 0 N–H and O–H groups in total. The van der Waals surface area contributed by atoms with Gasteiger partial charge in [0.05, 0.1) is 22.7 Å². The van der Waals surface area contributed by atoms with Crippen molar-refractivity contribution in [2.45, 2.75) is 0 Å². The average Bonchev–Trinajstić information content (AvgIpc) is 3.54. The van der Waals surface area contributed by atoms with E-state index >= 15 is 0 Å². The molecule has 11 rings (SSSR count). The van der Waals surface area contributed by atoms with Crippen LogP contribution in [-0.2, 0) is 0 Å². The summed E-state index contributed by atoms with van der Waals surface area (Å²) in [5.41, 5.74) is 11.2. The Kier molecular flexibility index (Phi) is 5.73. The van der Waals surface area contributed by atoms with E-state index in [9.17, 15) is 5.26 Å². The van der Waals surface area contributed by atoms with Gasteiger partial charge in [-0.3, -0.25) is 4.98 Å². The first-order valence-electron chi connectivity index (χ1n) is 17.2. The standard InChI is InChI=1S/C48H27N3/c49-27-35-16-20-43-47-41(35)17-18-42-40(19-21-44(48(42)47)51(43)39-6-2-1-3-7-39)30-10-8-29(9-11-30)37-23-31-12-14-33-25-38(36-5-4-22-50-28-36)26-34-15-13-32(24-37)45(31)46(33)34/h1-26,28H. The summed E-state index contributed by atoms with van der Waals surface area (Å²) >= 11 is 0. The van der Waals surface area contributed by atoms with Crippen LogP contribution in [-0.4, -0.2) is 9.55 Å². The van der Waals surface area contributed by atoms with Crippen LogP contribution in [0.15, 0.2) is 164 Å². The summed E-state index contributed by atoms with van der Waals surface area (Å²) in [7, 11) is 0. The third-order valence-electron chi connectivity index (χ3n) is 10.8. The Labute approximate surface area is 293 Å². The molecule has 9 aromatic carbocycles. The minimum absolute atomic E-state index is 0.703. The van der Waals surface area contributed by atoms with E-state index in [1.54, 1.807) is 0 Å². The highest BCUT2D eigenvalue weighted by Crippen LogP contribution is 2.44. The van der Waals surface area contributed by atoms with Crippen LogP contribution < -0.4 is 0 Å². The molecule has 2 heterocycles. The quantitative estimate of drug-likeness (QED) is 0.179. The largest absolute Gasteiger partial charge is 0.309 e. The molecule has 0 saturated carbocycles. The zero-order chi connectivity index (χ0) is 33.6. The topological polar surface area (TPSA) is 41.6 Å². The molecule has 0 aliphatic heterocycles. The smallest absolute Gasteiger partial charge is 0.0998 e. The molecule has 0 atom stereocenters. The summed E-state index contributed by atoms with van der Waals surface area (Å²) in [5.74, 6) is 0. The van der Waals surface area contributed by atoms with Gasteiger partial charge in [0.1, 0.15) is 0 Å². The van der Waals surface area contributed by atoms with Gasteiger partial charge in [-0.15, -0.1) is 0 Å². The predicted molar refractivity (Wildman–Crippen MR) is 212 cm³/mol. The molecule has 11 aromatic rings. The summed E-state index contributed by atoms with van der Waals surface area (Å²) in [6.45, 7) is 0. The van der Waals surface area contributed by atoms with E-state index in [0.717, 1.165) is 33.1 Å². The van der Waals surface area contributed by atoms with Crippen molar-refractivity contribution in [1.29, 1.82) is 5.26 Å². The highest BCUT2D eigenvalue weighted by atomic mass is 15.0. The lowest BCUT2D eigenvalue weighted by molar-refractivity contribution is 1.18. The number of nitrogens with zero attached hydrogens (tertiary/aromatic N) is 3. The van der Waals surface area contributed by atoms with Crippen molar-refractivity contribution < 1.29 is 0 Å². The first kappa shape index (κ1) is 27.9. The van der Waals surface area contributed by atoms with Gasteiger partial charge in [-0.2, -0.15) is 5.26 Å². The maximum absolute atomic E-state index is 9.97. The van der Waals surface area contributed by atoms with Crippen LogP contribution in [0.25, 0.3) is 104 Å². The van der Waals surface area contributed by atoms with Gasteiger partial charge in [0.25, 0.3) is 0 Å². The zero-order valence-electron chi connectivity index (χ0n) is 27.4. The fraction of sp³-hybridized carbons (Fsp3) is 0. The van der Waals surface area contributed by atoms with Gasteiger partial charge < -0.3 is 4.57 Å². The van der Waals surface area contributed by atoms with Crippen LogP contribution in [0.1, 0.15) is 5.56 Å². The third kappa shape index (κ3) is 4.02. The van der Waals surface area contributed by atoms with Crippen LogP contribution in [0.2, 0.25) is 0 Å². The van der Waals surface area contributed by atoms with E-state index in [4.69, 9.17) is 0 Å². The van der Waals surface area contributed by atoms with Gasteiger partial charge in [0.15, 0.2) is 0 Å². The number of pyridine rings is 1. The van der Waals surface area contributed by atoms with Crippen LogP contribution in [0.3, 0.4) is 0 Å². The number of para-hydroxylation sites is 1. The summed E-state index contributed by atoms with van der Waals surface area (Å²) < 4.78 is 2.32. The SMILES string of the molecule is N#Cc1ccc2c3c1ccc1c(-c4ccc(-c5cc6ccc7cc(-c8cccnc8)cc8ccc(c5)c6c78)cc4)ccc(c13)n2-c1ccccc1. The Balaban J connectivity index is 1.03. The monoisotopic (exact) mass is 645 g/mol. The Morgan fingerprint density at radius 3 is 1.67 bits per heavy atom. The maximum Gasteiger partial charge on any atom is 0.0998 e. The fourth-order valence-electron chi connectivity index (χ4n) is 8.51. The third-order valence-corrected chi connectivity index (χ3v) is 10.8. The molecule has 0 radical (unpaired) electrons. The molecule has 3 nitrogen and oxygen atoms in total. The van der Waals surface area contributed by atoms with E-state index in [1.165, 1.54) is 70.9 Å². The second-order valence-corrected chi connectivity index (χ2v) is 13.5. The minimum Gasteiger partial charge on any atom is -0.309 e. The van der Waals surface area contributed by atoms with Crippen molar-refractivity contribution in [1.82, 2.24) is 9.55 Å². The van der Waals surface area contributed by atoms with E-state index in [0.29, 0.717) is 5.56 Å². The van der Waals surface area contributed by atoms with Crippen molar-refractivity contribution in [3.8, 4) is 45.1 Å². The molecular formula is C48H27N3. The Bertz CT molecular complexity index is 3100. The molecule has 234 valence electrons. The van der Waals surface area contributed by atoms with Gasteiger partial charge in [-0.05, 0) is 126 Å². The first-order chi connectivity index (χ1) is 25.2. The molecule has 51 heavy (non-hydrogen) atoms. The second kappa shape index (κ2) is 10.5. The number of benzene rings is 9. The summed E-state index contributed by atoms with van der Waals surface area (Å²) in [5, 5.41) is 22.1. The molecule has 0 aliphatic carbocycles. The minimum atomic E-state index is 0.703. The number of hydrogen-bond acceptors (Lipinski definition) is 2. The van der Waals surface area contributed by atoms with Crippen LogP contribution in [0.5, 0.6) is 0 Å². The first-order valence-corrected chi connectivity index (χ1v) is 17.2. The molecule has 0 amide bonds. The average molecular weight is 646 g/mol. The van der Waals surface area contributed by atoms with Gasteiger partial charge >= 0.3 is 0 Å². The molecule has 3 heteroatoms. The number of hydrogen-bond donors (Lipinski definition) is 0. The van der Waals surface area contributed by atoms with Crippen LogP contribution >= 0.6 is 0 Å². The molecule has 2 aromatic heterocycles. The summed E-state index contributed by atoms with van der Waals surface area (Å²) in [6, 6.07) is 57.1. The van der Waals surface area contributed by atoms with Crippen LogP contribution in [0, 0.1) is 11.3 Å². The van der Waals surface area contributed by atoms with E-state index in [2.05, 4.69) is 149 Å². The molecule has 0 unspecified atom stereocenters. The van der Waals surface area contributed by atoms with Gasteiger partial charge in [-0.1, -0.05) is 91.0 Å². The molecule has 0 bridgehead atoms. The van der Waals surface area contributed by atoms with Crippen molar-refractivity contribution >= 4 is 64.9 Å². The van der Waals surface area contributed by atoms with Crippen molar-refractivity contribution in [2.75, 3.05) is 0 Å². The van der Waals surface area contributed by atoms with Gasteiger partial charge in [0, 0.05) is 39.8 Å².